The Balaban J connectivity index is 0.000000671. The maximum absolute atomic E-state index is 3.22. The molecule has 1 heterocycles. The van der Waals surface area contributed by atoms with Crippen LogP contribution < -0.4 is 0 Å². The van der Waals surface area contributed by atoms with Gasteiger partial charge in [-0.15, -0.1) is 23.3 Å². The summed E-state index contributed by atoms with van der Waals surface area (Å²) in [6.45, 7) is 8.63. The Morgan fingerprint density at radius 2 is 1.62 bits per heavy atom. The zero-order valence-electron chi connectivity index (χ0n) is 8.74. The van der Waals surface area contributed by atoms with Gasteiger partial charge in [0.05, 0.1) is 0 Å². The van der Waals surface area contributed by atoms with Crippen LogP contribution in [0.3, 0.4) is 0 Å². The van der Waals surface area contributed by atoms with Crippen molar-refractivity contribution in [1.82, 2.24) is 9.80 Å². The second-order valence-corrected chi connectivity index (χ2v) is 3.50. The second-order valence-electron chi connectivity index (χ2n) is 3.50. The van der Waals surface area contributed by atoms with E-state index in [0.717, 1.165) is 0 Å². The third kappa shape index (κ3) is 6.66. The van der Waals surface area contributed by atoms with Crippen molar-refractivity contribution in [3.05, 3.63) is 0 Å². The van der Waals surface area contributed by atoms with Crippen LogP contribution in [0, 0.1) is 0 Å². The number of nitrogens with zero attached hydrogens (tertiary/aromatic N) is 2. The molecule has 0 atom stereocenters. The predicted octanol–water partition coefficient (Wildman–Crippen LogP) is 1.79. The third-order valence-corrected chi connectivity index (χ3v) is 2.42. The lowest BCUT2D eigenvalue weighted by Gasteiger charge is -2.32. The lowest BCUT2D eigenvalue weighted by molar-refractivity contribution is 0.152. The van der Waals surface area contributed by atoms with E-state index < -0.39 is 0 Å². The van der Waals surface area contributed by atoms with Gasteiger partial charge in [-0.1, -0.05) is 13.3 Å². The molecule has 1 aliphatic heterocycles. The first kappa shape index (κ1) is 13.6. The van der Waals surface area contributed by atoms with Crippen molar-refractivity contribution in [2.45, 2.75) is 19.8 Å². The summed E-state index contributed by atoms with van der Waals surface area (Å²) < 4.78 is 0. The van der Waals surface area contributed by atoms with Crippen LogP contribution in [-0.2, 0) is 0 Å². The normalized spacial score (nSPS) is 19.4. The molecule has 13 heavy (non-hydrogen) atoms. The van der Waals surface area contributed by atoms with Crippen LogP contribution in [0.15, 0.2) is 0 Å². The van der Waals surface area contributed by atoms with Gasteiger partial charge in [0.25, 0.3) is 0 Å². The SMILES string of the molecule is CCCCN1CCN(C)CC1.SS. The zero-order valence-corrected chi connectivity index (χ0v) is 10.5. The molecule has 4 heteroatoms. The van der Waals surface area contributed by atoms with Crippen molar-refractivity contribution in [3.63, 3.8) is 0 Å². The molecule has 0 amide bonds. The molecule has 2 nitrogen and oxygen atoms in total. The molecule has 0 bridgehead atoms. The highest BCUT2D eigenvalue weighted by Crippen LogP contribution is 2.00. The van der Waals surface area contributed by atoms with Gasteiger partial charge in [-0.2, -0.15) is 0 Å². The molecule has 0 aromatic rings. The van der Waals surface area contributed by atoms with Gasteiger partial charge in [-0.05, 0) is 20.0 Å². The smallest absolute Gasteiger partial charge is 0.0110 e. The highest BCUT2D eigenvalue weighted by atomic mass is 33.1. The maximum atomic E-state index is 3.22. The average Bonchev–Trinajstić information content (AvgIpc) is 2.20. The fourth-order valence-corrected chi connectivity index (χ4v) is 1.45. The molecule has 0 aromatic heterocycles. The first-order valence-electron chi connectivity index (χ1n) is 4.94. The van der Waals surface area contributed by atoms with E-state index in [1.807, 2.05) is 0 Å². The number of hydrogen-bond acceptors (Lipinski definition) is 4. The van der Waals surface area contributed by atoms with Crippen LogP contribution >= 0.6 is 23.3 Å². The lowest BCUT2D eigenvalue weighted by Crippen LogP contribution is -2.44. The van der Waals surface area contributed by atoms with Gasteiger partial charge in [0.15, 0.2) is 0 Å². The summed E-state index contributed by atoms with van der Waals surface area (Å²) in [6, 6.07) is 0. The van der Waals surface area contributed by atoms with Crippen molar-refractivity contribution >= 4 is 23.3 Å². The van der Waals surface area contributed by atoms with Gasteiger partial charge in [-0.25, -0.2) is 0 Å². The minimum absolute atomic E-state index is 1.25. The molecule has 0 radical (unpaired) electrons. The summed E-state index contributed by atoms with van der Waals surface area (Å²) in [5.74, 6) is 0. The molecule has 0 unspecified atom stereocenters. The molecule has 1 saturated heterocycles. The van der Waals surface area contributed by atoms with Crippen molar-refractivity contribution in [2.75, 3.05) is 39.8 Å². The Hall–Kier alpha value is 0.620. The van der Waals surface area contributed by atoms with E-state index in [2.05, 4.69) is 47.1 Å². The summed E-state index contributed by atoms with van der Waals surface area (Å²) >= 11 is 6.44. The lowest BCUT2D eigenvalue weighted by atomic mass is 10.3. The Bertz CT molecular complexity index is 101. The maximum Gasteiger partial charge on any atom is 0.0110 e. The Morgan fingerprint density at radius 3 is 2.08 bits per heavy atom. The highest BCUT2D eigenvalue weighted by Gasteiger charge is 2.11. The summed E-state index contributed by atoms with van der Waals surface area (Å²) in [4.78, 5) is 4.98. The first-order valence-corrected chi connectivity index (χ1v) is 6.54. The van der Waals surface area contributed by atoms with Crippen molar-refractivity contribution in [2.24, 2.45) is 0 Å². The van der Waals surface area contributed by atoms with Crippen LogP contribution in [0.5, 0.6) is 0 Å². The molecular formula is C9H22N2S2. The fourth-order valence-electron chi connectivity index (χ4n) is 1.45. The minimum atomic E-state index is 1.25. The van der Waals surface area contributed by atoms with Gasteiger partial charge in [0, 0.05) is 26.2 Å². The van der Waals surface area contributed by atoms with E-state index in [0.29, 0.717) is 0 Å². The van der Waals surface area contributed by atoms with Gasteiger partial charge in [0.2, 0.25) is 0 Å². The number of thiol groups is 2. The Labute approximate surface area is 92.9 Å². The number of hydrogen-bond donors (Lipinski definition) is 2. The molecule has 1 rings (SSSR count). The zero-order chi connectivity index (χ0) is 10.1. The summed E-state index contributed by atoms with van der Waals surface area (Å²) in [5, 5.41) is 0. The quantitative estimate of drug-likeness (QED) is 0.555. The van der Waals surface area contributed by atoms with Crippen molar-refractivity contribution < 1.29 is 0 Å². The molecule has 0 aliphatic carbocycles. The standard InChI is InChI=1S/C9H20N2.H2S2/c1-3-4-5-11-8-6-10(2)7-9-11;1-2/h3-9H2,1-2H3;1-2H. The monoisotopic (exact) mass is 222 g/mol. The number of likely N-dealkylation sites (N-methyl/N-ethyl adjacent to an activating group) is 1. The Kier molecular flexibility index (Phi) is 9.62. The predicted molar refractivity (Wildman–Crippen MR) is 66.8 cm³/mol. The van der Waals surface area contributed by atoms with E-state index in [-0.39, 0.29) is 0 Å². The molecule has 0 spiro atoms. The van der Waals surface area contributed by atoms with Gasteiger partial charge in [0.1, 0.15) is 0 Å². The molecule has 0 N–H and O–H groups in total. The summed E-state index contributed by atoms with van der Waals surface area (Å²) in [7, 11) is 2.21. The molecule has 0 aromatic carbocycles. The van der Waals surface area contributed by atoms with Gasteiger partial charge in [-0.3, -0.25) is 0 Å². The Morgan fingerprint density at radius 1 is 1.08 bits per heavy atom. The van der Waals surface area contributed by atoms with E-state index in [1.54, 1.807) is 0 Å². The molecular weight excluding hydrogens is 200 g/mol. The second kappa shape index (κ2) is 9.19. The van der Waals surface area contributed by atoms with Crippen molar-refractivity contribution in [3.8, 4) is 0 Å². The molecule has 1 fully saturated rings. The van der Waals surface area contributed by atoms with Crippen LogP contribution in [0.2, 0.25) is 0 Å². The highest BCUT2D eigenvalue weighted by molar-refractivity contribution is 8.59. The molecule has 0 saturated carbocycles. The van der Waals surface area contributed by atoms with Crippen molar-refractivity contribution in [1.29, 1.82) is 0 Å². The minimum Gasteiger partial charge on any atom is -0.304 e. The molecule has 1 aliphatic rings. The van der Waals surface area contributed by atoms with Crippen LogP contribution in [-0.4, -0.2) is 49.6 Å². The van der Waals surface area contributed by atoms with Crippen LogP contribution in [0.1, 0.15) is 19.8 Å². The van der Waals surface area contributed by atoms with Gasteiger partial charge < -0.3 is 9.80 Å². The number of rotatable bonds is 3. The largest absolute Gasteiger partial charge is 0.304 e. The first-order chi connectivity index (χ1) is 6.33. The summed E-state index contributed by atoms with van der Waals surface area (Å²) in [6.07, 6.45) is 2.69. The topological polar surface area (TPSA) is 6.48 Å². The van der Waals surface area contributed by atoms with Gasteiger partial charge >= 0.3 is 0 Å². The molecule has 80 valence electrons. The number of unbranched alkanes of at least 4 members (excludes halogenated alkanes) is 1. The van der Waals surface area contributed by atoms with E-state index in [9.17, 15) is 0 Å². The van der Waals surface area contributed by atoms with Crippen LogP contribution in [0.4, 0.5) is 0 Å². The average molecular weight is 222 g/mol. The van der Waals surface area contributed by atoms with Crippen LogP contribution in [0.25, 0.3) is 0 Å². The summed E-state index contributed by atoms with van der Waals surface area (Å²) in [5.41, 5.74) is 0. The van der Waals surface area contributed by atoms with E-state index in [1.165, 1.54) is 45.6 Å². The van der Waals surface area contributed by atoms with E-state index >= 15 is 0 Å². The van der Waals surface area contributed by atoms with E-state index in [4.69, 9.17) is 0 Å². The number of piperazine rings is 1. The third-order valence-electron chi connectivity index (χ3n) is 2.42. The fraction of sp³-hybridized carbons (Fsp3) is 1.00.